The Morgan fingerprint density at radius 3 is 2.76 bits per heavy atom. The summed E-state index contributed by atoms with van der Waals surface area (Å²) in [4.78, 5) is 4.22. The second kappa shape index (κ2) is 7.07. The van der Waals surface area contributed by atoms with Crippen molar-refractivity contribution in [2.45, 2.75) is 32.7 Å². The third kappa shape index (κ3) is 5.00. The Bertz CT molecular complexity index is 346. The molecule has 0 aliphatic rings. The lowest BCUT2D eigenvalue weighted by atomic mass is 10.0. The summed E-state index contributed by atoms with van der Waals surface area (Å²) in [6.45, 7) is 9.13. The van der Waals surface area contributed by atoms with Crippen LogP contribution in [0.3, 0.4) is 0 Å². The fourth-order valence-corrected chi connectivity index (χ4v) is 1.86. The zero-order valence-corrected chi connectivity index (χ0v) is 11.0. The highest BCUT2D eigenvalue weighted by atomic mass is 16.5. The molecule has 3 heteroatoms. The normalized spacial score (nSPS) is 12.2. The molecule has 0 spiro atoms. The first-order valence-corrected chi connectivity index (χ1v) is 6.02. The summed E-state index contributed by atoms with van der Waals surface area (Å²) in [5.74, 6) is 0.661. The average molecular weight is 234 g/mol. The molecule has 1 unspecified atom stereocenters. The first-order chi connectivity index (χ1) is 8.15. The summed E-state index contributed by atoms with van der Waals surface area (Å²) in [6.07, 6.45) is 3.85. The summed E-state index contributed by atoms with van der Waals surface area (Å²) >= 11 is 0. The number of ether oxygens (including phenoxy) is 1. The van der Waals surface area contributed by atoms with Crippen molar-refractivity contribution in [2.75, 3.05) is 13.7 Å². The predicted octanol–water partition coefficient (Wildman–Crippen LogP) is 2.58. The van der Waals surface area contributed by atoms with Crippen molar-refractivity contribution < 1.29 is 4.74 Å². The minimum Gasteiger partial charge on any atom is -0.481 e. The number of rotatable bonds is 7. The molecule has 0 saturated heterocycles. The zero-order chi connectivity index (χ0) is 12.7. The predicted molar refractivity (Wildman–Crippen MR) is 71.4 cm³/mol. The van der Waals surface area contributed by atoms with Crippen molar-refractivity contribution in [1.29, 1.82) is 0 Å². The Kier molecular flexibility index (Phi) is 5.70. The minimum absolute atomic E-state index is 0.438. The van der Waals surface area contributed by atoms with E-state index in [2.05, 4.69) is 36.8 Å². The molecule has 1 rings (SSSR count). The van der Waals surface area contributed by atoms with Gasteiger partial charge in [-0.25, -0.2) is 4.98 Å². The van der Waals surface area contributed by atoms with E-state index in [0.29, 0.717) is 11.9 Å². The maximum Gasteiger partial charge on any atom is 0.212 e. The first kappa shape index (κ1) is 13.7. The zero-order valence-electron chi connectivity index (χ0n) is 11.0. The number of hydrogen-bond acceptors (Lipinski definition) is 3. The van der Waals surface area contributed by atoms with E-state index in [4.69, 9.17) is 4.74 Å². The van der Waals surface area contributed by atoms with Gasteiger partial charge in [-0.2, -0.15) is 0 Å². The molecule has 1 atom stereocenters. The van der Waals surface area contributed by atoms with E-state index in [9.17, 15) is 0 Å². The molecule has 0 bridgehead atoms. The molecule has 3 nitrogen and oxygen atoms in total. The van der Waals surface area contributed by atoms with Crippen LogP contribution in [0.4, 0.5) is 0 Å². The van der Waals surface area contributed by atoms with Crippen LogP contribution in [-0.2, 0) is 6.42 Å². The maximum absolute atomic E-state index is 5.05. The lowest BCUT2D eigenvalue weighted by molar-refractivity contribution is 0.397. The quantitative estimate of drug-likeness (QED) is 0.736. The van der Waals surface area contributed by atoms with Crippen molar-refractivity contribution in [3.63, 3.8) is 0 Å². The number of likely N-dealkylation sites (N-methyl/N-ethyl adjacent to an activating group) is 1. The highest BCUT2D eigenvalue weighted by molar-refractivity contribution is 5.19. The fraction of sp³-hybridized carbons (Fsp3) is 0.500. The summed E-state index contributed by atoms with van der Waals surface area (Å²) < 4.78 is 5.05. The summed E-state index contributed by atoms with van der Waals surface area (Å²) in [6, 6.07) is 4.40. The Hall–Kier alpha value is -1.35. The molecule has 0 aliphatic heterocycles. The van der Waals surface area contributed by atoms with Crippen LogP contribution in [0, 0.1) is 0 Å². The van der Waals surface area contributed by atoms with Gasteiger partial charge in [0.1, 0.15) is 0 Å². The molecule has 1 N–H and O–H groups in total. The van der Waals surface area contributed by atoms with E-state index >= 15 is 0 Å². The van der Waals surface area contributed by atoms with Crippen LogP contribution in [0.25, 0.3) is 0 Å². The van der Waals surface area contributed by atoms with Gasteiger partial charge in [0.15, 0.2) is 0 Å². The lowest BCUT2D eigenvalue weighted by Gasteiger charge is -2.17. The summed E-state index contributed by atoms with van der Waals surface area (Å²) in [5, 5.41) is 3.47. The summed E-state index contributed by atoms with van der Waals surface area (Å²) in [5.41, 5.74) is 2.43. The molecule has 1 aromatic heterocycles. The van der Waals surface area contributed by atoms with Crippen molar-refractivity contribution in [1.82, 2.24) is 10.3 Å². The van der Waals surface area contributed by atoms with Gasteiger partial charge in [0.25, 0.3) is 0 Å². The number of hydrogen-bond donors (Lipinski definition) is 1. The number of aromatic nitrogens is 1. The van der Waals surface area contributed by atoms with E-state index in [-0.39, 0.29) is 0 Å². The van der Waals surface area contributed by atoms with Gasteiger partial charge in [-0.05, 0) is 31.9 Å². The Morgan fingerprint density at radius 1 is 1.53 bits per heavy atom. The SMILES string of the molecule is C=C(C)CC(Cc1ccc(OC)nc1)NCC. The van der Waals surface area contributed by atoms with Gasteiger partial charge in [0, 0.05) is 18.3 Å². The second-order valence-corrected chi connectivity index (χ2v) is 4.33. The van der Waals surface area contributed by atoms with Crippen molar-refractivity contribution in [3.05, 3.63) is 36.0 Å². The smallest absolute Gasteiger partial charge is 0.212 e. The van der Waals surface area contributed by atoms with Crippen LogP contribution in [0.2, 0.25) is 0 Å². The van der Waals surface area contributed by atoms with E-state index in [1.54, 1.807) is 7.11 Å². The van der Waals surface area contributed by atoms with Gasteiger partial charge < -0.3 is 10.1 Å². The number of pyridine rings is 1. The van der Waals surface area contributed by atoms with Crippen LogP contribution in [0.5, 0.6) is 5.88 Å². The van der Waals surface area contributed by atoms with Crippen LogP contribution < -0.4 is 10.1 Å². The molecule has 1 heterocycles. The molecule has 0 radical (unpaired) electrons. The average Bonchev–Trinajstić information content (AvgIpc) is 2.29. The topological polar surface area (TPSA) is 34.1 Å². The highest BCUT2D eigenvalue weighted by Gasteiger charge is 2.08. The Morgan fingerprint density at radius 2 is 2.29 bits per heavy atom. The minimum atomic E-state index is 0.438. The van der Waals surface area contributed by atoms with Crippen LogP contribution in [0.1, 0.15) is 25.8 Å². The van der Waals surface area contributed by atoms with E-state index in [1.807, 2.05) is 12.3 Å². The van der Waals surface area contributed by atoms with Crippen molar-refractivity contribution in [2.24, 2.45) is 0 Å². The molecule has 0 amide bonds. The fourth-order valence-electron chi connectivity index (χ4n) is 1.86. The standard InChI is InChI=1S/C14H22N2O/c1-5-15-13(8-11(2)3)9-12-6-7-14(17-4)16-10-12/h6-7,10,13,15H,2,5,8-9H2,1,3-4H3. The Balaban J connectivity index is 2.61. The molecule has 1 aromatic rings. The second-order valence-electron chi connectivity index (χ2n) is 4.33. The van der Waals surface area contributed by atoms with E-state index < -0.39 is 0 Å². The largest absolute Gasteiger partial charge is 0.481 e. The lowest BCUT2D eigenvalue weighted by Crippen LogP contribution is -2.31. The Labute approximate surface area is 104 Å². The molecule has 0 fully saturated rings. The number of nitrogens with zero attached hydrogens (tertiary/aromatic N) is 1. The molecule has 0 saturated carbocycles. The van der Waals surface area contributed by atoms with Crippen LogP contribution >= 0.6 is 0 Å². The van der Waals surface area contributed by atoms with Gasteiger partial charge in [-0.15, -0.1) is 6.58 Å². The first-order valence-electron chi connectivity index (χ1n) is 6.02. The molecule has 17 heavy (non-hydrogen) atoms. The van der Waals surface area contributed by atoms with Gasteiger partial charge in [-0.1, -0.05) is 18.6 Å². The number of nitrogens with one attached hydrogen (secondary N) is 1. The van der Waals surface area contributed by atoms with Gasteiger partial charge in [-0.3, -0.25) is 0 Å². The molecular weight excluding hydrogens is 212 g/mol. The van der Waals surface area contributed by atoms with Crippen LogP contribution in [-0.4, -0.2) is 24.7 Å². The van der Waals surface area contributed by atoms with Gasteiger partial charge in [0.2, 0.25) is 5.88 Å². The molecular formula is C14H22N2O. The molecule has 0 aliphatic carbocycles. The van der Waals surface area contributed by atoms with Crippen LogP contribution in [0.15, 0.2) is 30.5 Å². The van der Waals surface area contributed by atoms with E-state index in [0.717, 1.165) is 19.4 Å². The van der Waals surface area contributed by atoms with Gasteiger partial charge in [0.05, 0.1) is 7.11 Å². The molecule has 94 valence electrons. The third-order valence-electron chi connectivity index (χ3n) is 2.58. The van der Waals surface area contributed by atoms with Gasteiger partial charge >= 0.3 is 0 Å². The van der Waals surface area contributed by atoms with E-state index in [1.165, 1.54) is 11.1 Å². The maximum atomic E-state index is 5.05. The third-order valence-corrected chi connectivity index (χ3v) is 2.58. The summed E-state index contributed by atoms with van der Waals surface area (Å²) in [7, 11) is 1.63. The number of methoxy groups -OCH3 is 1. The molecule has 0 aromatic carbocycles. The van der Waals surface area contributed by atoms with Crippen molar-refractivity contribution in [3.8, 4) is 5.88 Å². The van der Waals surface area contributed by atoms with Crippen molar-refractivity contribution >= 4 is 0 Å². The monoisotopic (exact) mass is 234 g/mol. The highest BCUT2D eigenvalue weighted by Crippen LogP contribution is 2.12.